The number of hydrogen-bond acceptors (Lipinski definition) is 5. The molecule has 8 nitrogen and oxygen atoms in total. The number of phenols is 1. The smallest absolute Gasteiger partial charge is 0.339 e. The molecule has 2 rings (SSSR count). The van der Waals surface area contributed by atoms with Crippen LogP contribution >= 0.6 is 0 Å². The Balaban J connectivity index is 2.88. The molecule has 0 saturated carbocycles. The monoisotopic (exact) mass is 333 g/mol. The van der Waals surface area contributed by atoms with E-state index in [0.717, 1.165) is 0 Å². The largest absolute Gasteiger partial charge is 0.507 e. The molecular weight excluding hydrogens is 318 g/mol. The van der Waals surface area contributed by atoms with Crippen LogP contribution in [0.2, 0.25) is 0 Å². The standard InChI is InChI=1S/C16H15NO7/c17-16(6-11(18)19,7-12(20)21)13-9-4-2-1-3-8(9)5-10(14(13)22)15(23)24/h1-5,22H,6-7,17H2,(H,18,19)(H,20,21)(H,23,24). The van der Waals surface area contributed by atoms with Crippen LogP contribution in [-0.4, -0.2) is 38.3 Å². The Morgan fingerprint density at radius 2 is 1.54 bits per heavy atom. The van der Waals surface area contributed by atoms with Gasteiger partial charge >= 0.3 is 17.9 Å². The van der Waals surface area contributed by atoms with E-state index in [2.05, 4.69) is 0 Å². The lowest BCUT2D eigenvalue weighted by molar-refractivity contribution is -0.141. The van der Waals surface area contributed by atoms with Crippen LogP contribution in [0.25, 0.3) is 10.8 Å². The Labute approximate surface area is 135 Å². The molecule has 0 fully saturated rings. The summed E-state index contributed by atoms with van der Waals surface area (Å²) in [6, 6.07) is 7.52. The Kier molecular flexibility index (Phi) is 4.43. The van der Waals surface area contributed by atoms with Crippen molar-refractivity contribution in [3.05, 3.63) is 41.5 Å². The highest BCUT2D eigenvalue weighted by atomic mass is 16.4. The highest BCUT2D eigenvalue weighted by Crippen LogP contribution is 2.41. The summed E-state index contributed by atoms with van der Waals surface area (Å²) < 4.78 is 0. The normalized spacial score (nSPS) is 11.4. The van der Waals surface area contributed by atoms with Crippen LogP contribution in [0.5, 0.6) is 5.75 Å². The number of carbonyl (C=O) groups is 3. The number of benzene rings is 2. The van der Waals surface area contributed by atoms with Gasteiger partial charge in [-0.2, -0.15) is 0 Å². The number of fused-ring (bicyclic) bond motifs is 1. The average molecular weight is 333 g/mol. The van der Waals surface area contributed by atoms with E-state index in [4.69, 9.17) is 15.9 Å². The summed E-state index contributed by atoms with van der Waals surface area (Å²) in [5, 5.41) is 38.5. The molecule has 0 atom stereocenters. The summed E-state index contributed by atoms with van der Waals surface area (Å²) in [6.45, 7) is 0. The van der Waals surface area contributed by atoms with Gasteiger partial charge in [0.1, 0.15) is 11.3 Å². The van der Waals surface area contributed by atoms with Gasteiger partial charge in [0, 0.05) is 5.56 Å². The third kappa shape index (κ3) is 3.13. The quantitative estimate of drug-likeness (QED) is 0.530. The minimum atomic E-state index is -1.98. The Morgan fingerprint density at radius 3 is 2.04 bits per heavy atom. The summed E-state index contributed by atoms with van der Waals surface area (Å²) in [4.78, 5) is 33.7. The van der Waals surface area contributed by atoms with E-state index in [1.807, 2.05) is 0 Å². The van der Waals surface area contributed by atoms with Crippen molar-refractivity contribution in [1.29, 1.82) is 0 Å². The van der Waals surface area contributed by atoms with Crippen LogP contribution in [0.3, 0.4) is 0 Å². The lowest BCUT2D eigenvalue weighted by atomic mass is 9.80. The first-order valence-electron chi connectivity index (χ1n) is 6.86. The molecule has 0 heterocycles. The second kappa shape index (κ2) is 6.17. The van der Waals surface area contributed by atoms with Crippen LogP contribution in [0.1, 0.15) is 28.8 Å². The highest BCUT2D eigenvalue weighted by Gasteiger charge is 2.38. The fraction of sp³-hybridized carbons (Fsp3) is 0.188. The molecule has 0 aliphatic carbocycles. The summed E-state index contributed by atoms with van der Waals surface area (Å²) in [5.41, 5.74) is 3.38. The Bertz CT molecular complexity index is 828. The molecule has 0 bridgehead atoms. The molecule has 8 heteroatoms. The van der Waals surface area contributed by atoms with E-state index >= 15 is 0 Å². The molecule has 0 aliphatic rings. The van der Waals surface area contributed by atoms with E-state index in [1.54, 1.807) is 18.2 Å². The predicted molar refractivity (Wildman–Crippen MR) is 82.9 cm³/mol. The van der Waals surface area contributed by atoms with Crippen molar-refractivity contribution in [2.24, 2.45) is 5.73 Å². The molecule has 0 aliphatic heterocycles. The molecule has 0 amide bonds. The summed E-state index contributed by atoms with van der Waals surface area (Å²) in [6.07, 6.45) is -1.58. The van der Waals surface area contributed by atoms with E-state index in [1.165, 1.54) is 12.1 Å². The van der Waals surface area contributed by atoms with Crippen LogP contribution < -0.4 is 5.73 Å². The maximum Gasteiger partial charge on any atom is 0.339 e. The number of aromatic hydroxyl groups is 1. The van der Waals surface area contributed by atoms with E-state index < -0.39 is 47.6 Å². The molecule has 126 valence electrons. The van der Waals surface area contributed by atoms with Gasteiger partial charge in [-0.25, -0.2) is 4.79 Å². The summed E-state index contributed by atoms with van der Waals surface area (Å²) in [7, 11) is 0. The van der Waals surface area contributed by atoms with Gasteiger partial charge in [0.2, 0.25) is 0 Å². The second-order valence-corrected chi connectivity index (χ2v) is 5.47. The van der Waals surface area contributed by atoms with Crippen molar-refractivity contribution in [2.75, 3.05) is 0 Å². The van der Waals surface area contributed by atoms with Crippen molar-refractivity contribution in [2.45, 2.75) is 18.4 Å². The summed E-state index contributed by atoms with van der Waals surface area (Å²) in [5.74, 6) is -4.91. The van der Waals surface area contributed by atoms with Crippen molar-refractivity contribution < 1.29 is 34.8 Å². The number of aliphatic carboxylic acids is 2. The number of carboxylic acids is 3. The average Bonchev–Trinajstić information content (AvgIpc) is 2.44. The van der Waals surface area contributed by atoms with Crippen molar-refractivity contribution in [3.63, 3.8) is 0 Å². The van der Waals surface area contributed by atoms with E-state index in [9.17, 15) is 24.6 Å². The first-order valence-corrected chi connectivity index (χ1v) is 6.86. The molecule has 0 radical (unpaired) electrons. The van der Waals surface area contributed by atoms with Gasteiger partial charge in [0.05, 0.1) is 18.4 Å². The zero-order chi connectivity index (χ0) is 18.1. The van der Waals surface area contributed by atoms with Crippen LogP contribution in [0.15, 0.2) is 30.3 Å². The van der Waals surface area contributed by atoms with E-state index in [0.29, 0.717) is 10.8 Å². The van der Waals surface area contributed by atoms with Gasteiger partial charge in [-0.1, -0.05) is 24.3 Å². The number of carboxylic acid groups (broad SMARTS) is 3. The Hall–Kier alpha value is -3.13. The van der Waals surface area contributed by atoms with Crippen LogP contribution in [0, 0.1) is 0 Å². The lowest BCUT2D eigenvalue weighted by Gasteiger charge is -2.29. The maximum atomic E-state index is 11.4. The van der Waals surface area contributed by atoms with Gasteiger partial charge < -0.3 is 26.2 Å². The number of nitrogens with two attached hydrogens (primary N) is 1. The highest BCUT2D eigenvalue weighted by molar-refractivity contribution is 6.00. The fourth-order valence-electron chi connectivity index (χ4n) is 2.78. The SMILES string of the molecule is NC(CC(=O)O)(CC(=O)O)c1c(O)c(C(=O)O)cc2ccccc12. The van der Waals surface area contributed by atoms with Crippen LogP contribution in [-0.2, 0) is 15.1 Å². The topological polar surface area (TPSA) is 158 Å². The third-order valence-corrected chi connectivity index (χ3v) is 3.68. The predicted octanol–water partition coefficient (Wildman–Crippen LogP) is 1.35. The molecule has 2 aromatic carbocycles. The maximum absolute atomic E-state index is 11.4. The molecule has 0 unspecified atom stereocenters. The molecular formula is C16H15NO7. The van der Waals surface area contributed by atoms with Gasteiger partial charge in [-0.15, -0.1) is 0 Å². The van der Waals surface area contributed by atoms with Crippen molar-refractivity contribution in [3.8, 4) is 5.75 Å². The van der Waals surface area contributed by atoms with Crippen LogP contribution in [0.4, 0.5) is 0 Å². The van der Waals surface area contributed by atoms with Crippen molar-refractivity contribution in [1.82, 2.24) is 0 Å². The van der Waals surface area contributed by atoms with E-state index in [-0.39, 0.29) is 5.56 Å². The number of aromatic carboxylic acids is 1. The minimum absolute atomic E-state index is 0.206. The molecule has 0 saturated heterocycles. The number of hydrogen-bond donors (Lipinski definition) is 5. The minimum Gasteiger partial charge on any atom is -0.507 e. The van der Waals surface area contributed by atoms with Gasteiger partial charge in [-0.05, 0) is 16.8 Å². The first-order chi connectivity index (χ1) is 11.2. The Morgan fingerprint density at radius 1 is 1.00 bits per heavy atom. The molecule has 6 N–H and O–H groups in total. The van der Waals surface area contributed by atoms with Crippen molar-refractivity contribution >= 4 is 28.7 Å². The second-order valence-electron chi connectivity index (χ2n) is 5.47. The van der Waals surface area contributed by atoms with Gasteiger partial charge in [0.25, 0.3) is 0 Å². The lowest BCUT2D eigenvalue weighted by Crippen LogP contribution is -2.41. The molecule has 0 spiro atoms. The zero-order valence-electron chi connectivity index (χ0n) is 12.4. The zero-order valence-corrected chi connectivity index (χ0v) is 12.4. The van der Waals surface area contributed by atoms with Gasteiger partial charge in [-0.3, -0.25) is 9.59 Å². The molecule has 24 heavy (non-hydrogen) atoms. The third-order valence-electron chi connectivity index (χ3n) is 3.68. The molecule has 2 aromatic rings. The van der Waals surface area contributed by atoms with Gasteiger partial charge in [0.15, 0.2) is 0 Å². The number of rotatable bonds is 6. The fourth-order valence-corrected chi connectivity index (χ4v) is 2.78. The molecule has 0 aromatic heterocycles. The first kappa shape index (κ1) is 17.2. The summed E-state index contributed by atoms with van der Waals surface area (Å²) >= 11 is 0.